The molecule has 0 spiro atoms. The molecule has 7 heteroatoms. The summed E-state index contributed by atoms with van der Waals surface area (Å²) in [5.41, 5.74) is -0.388. The first-order valence-electron chi connectivity index (χ1n) is 8.94. The molecule has 1 aliphatic rings. The molecule has 0 aromatic heterocycles. The molecule has 2 unspecified atom stereocenters. The predicted octanol–water partition coefficient (Wildman–Crippen LogP) is 6.44. The van der Waals surface area contributed by atoms with E-state index in [9.17, 15) is 22.0 Å². The third-order valence-electron chi connectivity index (χ3n) is 4.94. The number of benzene rings is 2. The zero-order chi connectivity index (χ0) is 20.5. The molecule has 0 saturated heterocycles. The van der Waals surface area contributed by atoms with E-state index < -0.39 is 41.0 Å². The first kappa shape index (κ1) is 20.2. The fourth-order valence-electron chi connectivity index (χ4n) is 3.24. The summed E-state index contributed by atoms with van der Waals surface area (Å²) >= 11 is 0. The monoisotopic (exact) mass is 398 g/mol. The number of hydrogen-bond donors (Lipinski definition) is 1. The van der Waals surface area contributed by atoms with Crippen molar-refractivity contribution in [3.05, 3.63) is 59.9 Å². The molecule has 2 aromatic carbocycles. The number of ether oxygens (including phenoxy) is 1. The van der Waals surface area contributed by atoms with Crippen molar-refractivity contribution < 1.29 is 31.8 Å². The van der Waals surface area contributed by atoms with Gasteiger partial charge >= 0.3 is 6.11 Å². The Labute approximate surface area is 159 Å². The van der Waals surface area contributed by atoms with Crippen LogP contribution < -0.4 is 4.74 Å². The van der Waals surface area contributed by atoms with Crippen LogP contribution in [-0.2, 0) is 0 Å². The van der Waals surface area contributed by atoms with Crippen LogP contribution >= 0.6 is 0 Å². The van der Waals surface area contributed by atoms with Gasteiger partial charge in [-0.25, -0.2) is 13.2 Å². The Morgan fingerprint density at radius 1 is 1.00 bits per heavy atom. The second kappa shape index (κ2) is 7.81. The zero-order valence-electron chi connectivity index (χ0n) is 15.1. The molecular formula is C21H19F5O2. The molecule has 0 radical (unpaired) electrons. The van der Waals surface area contributed by atoms with Gasteiger partial charge in [-0.15, -0.1) is 0 Å². The van der Waals surface area contributed by atoms with Crippen molar-refractivity contribution in [1.82, 2.24) is 0 Å². The van der Waals surface area contributed by atoms with E-state index in [1.165, 1.54) is 6.08 Å². The Morgan fingerprint density at radius 2 is 1.68 bits per heavy atom. The van der Waals surface area contributed by atoms with Crippen LogP contribution in [0, 0.1) is 29.3 Å². The molecule has 0 aliphatic heterocycles. The van der Waals surface area contributed by atoms with E-state index >= 15 is 0 Å². The van der Waals surface area contributed by atoms with Crippen molar-refractivity contribution in [3.63, 3.8) is 0 Å². The summed E-state index contributed by atoms with van der Waals surface area (Å²) in [5, 5.41) is 9.12. The van der Waals surface area contributed by atoms with Crippen LogP contribution in [0.2, 0.25) is 0 Å². The second-order valence-electron chi connectivity index (χ2n) is 6.83. The van der Waals surface area contributed by atoms with Crippen LogP contribution in [0.3, 0.4) is 0 Å². The summed E-state index contributed by atoms with van der Waals surface area (Å²) in [6.07, 6.45) is 1.44. The lowest BCUT2D eigenvalue weighted by Gasteiger charge is -2.29. The standard InChI is InChI=1S/C21H19F5O2/c1-2-12-3-5-14(6-4-12)21(25,26)28-15-7-8-16(17(22)11-15)13-9-18(23)20(27)19(24)10-13/h3,5,7-12,14,27H,2,4,6H2,1H3. The van der Waals surface area contributed by atoms with Gasteiger partial charge in [-0.3, -0.25) is 0 Å². The van der Waals surface area contributed by atoms with Gasteiger partial charge in [0.15, 0.2) is 17.4 Å². The SMILES string of the molecule is CCC1C=CC(C(F)(F)Oc2ccc(-c3cc(F)c(O)c(F)c3)c(F)c2)CC1. The lowest BCUT2D eigenvalue weighted by molar-refractivity contribution is -0.207. The summed E-state index contributed by atoms with van der Waals surface area (Å²) in [4.78, 5) is 0. The Kier molecular flexibility index (Phi) is 5.63. The first-order valence-corrected chi connectivity index (χ1v) is 8.94. The van der Waals surface area contributed by atoms with E-state index in [0.717, 1.165) is 36.8 Å². The van der Waals surface area contributed by atoms with Crippen molar-refractivity contribution in [2.45, 2.75) is 32.3 Å². The molecule has 0 bridgehead atoms. The van der Waals surface area contributed by atoms with Crippen LogP contribution in [-0.4, -0.2) is 11.2 Å². The maximum absolute atomic E-state index is 14.4. The number of halogens is 5. The van der Waals surface area contributed by atoms with Crippen LogP contribution in [0.25, 0.3) is 11.1 Å². The molecule has 0 saturated carbocycles. The fraction of sp³-hybridized carbons (Fsp3) is 0.333. The van der Waals surface area contributed by atoms with Gasteiger partial charge in [0.25, 0.3) is 0 Å². The molecule has 0 amide bonds. The first-order chi connectivity index (χ1) is 13.2. The van der Waals surface area contributed by atoms with Crippen LogP contribution in [0.4, 0.5) is 22.0 Å². The van der Waals surface area contributed by atoms with Gasteiger partial charge in [0.1, 0.15) is 11.6 Å². The third kappa shape index (κ3) is 4.13. The van der Waals surface area contributed by atoms with E-state index in [0.29, 0.717) is 6.42 Å². The van der Waals surface area contributed by atoms with Crippen molar-refractivity contribution in [3.8, 4) is 22.6 Å². The summed E-state index contributed by atoms with van der Waals surface area (Å²) < 4.78 is 74.9. The Morgan fingerprint density at radius 3 is 2.21 bits per heavy atom. The zero-order valence-corrected chi connectivity index (χ0v) is 15.1. The fourth-order valence-corrected chi connectivity index (χ4v) is 3.24. The molecule has 28 heavy (non-hydrogen) atoms. The maximum Gasteiger partial charge on any atom is 0.404 e. The van der Waals surface area contributed by atoms with E-state index in [1.54, 1.807) is 6.08 Å². The number of allylic oxidation sites excluding steroid dienone is 1. The van der Waals surface area contributed by atoms with Gasteiger partial charge in [-0.1, -0.05) is 19.1 Å². The van der Waals surface area contributed by atoms with Crippen molar-refractivity contribution >= 4 is 0 Å². The summed E-state index contributed by atoms with van der Waals surface area (Å²) in [6.45, 7) is 1.99. The van der Waals surface area contributed by atoms with E-state index in [1.807, 2.05) is 6.92 Å². The van der Waals surface area contributed by atoms with Gasteiger partial charge in [-0.05, 0) is 55.0 Å². The van der Waals surface area contributed by atoms with Gasteiger partial charge in [0, 0.05) is 11.6 Å². The second-order valence-corrected chi connectivity index (χ2v) is 6.83. The van der Waals surface area contributed by atoms with Gasteiger partial charge in [0.05, 0.1) is 5.92 Å². The quantitative estimate of drug-likeness (QED) is 0.464. The number of hydrogen-bond acceptors (Lipinski definition) is 2. The van der Waals surface area contributed by atoms with Crippen LogP contribution in [0.15, 0.2) is 42.5 Å². The maximum atomic E-state index is 14.4. The Bertz CT molecular complexity index is 871. The van der Waals surface area contributed by atoms with Crippen molar-refractivity contribution in [2.75, 3.05) is 0 Å². The number of rotatable bonds is 5. The summed E-state index contributed by atoms with van der Waals surface area (Å²) in [6, 6.07) is 4.45. The average Bonchev–Trinajstić information content (AvgIpc) is 2.65. The average molecular weight is 398 g/mol. The molecule has 150 valence electrons. The minimum Gasteiger partial charge on any atom is -0.503 e. The van der Waals surface area contributed by atoms with E-state index in [-0.39, 0.29) is 23.5 Å². The summed E-state index contributed by atoms with van der Waals surface area (Å²) in [7, 11) is 0. The van der Waals surface area contributed by atoms with Crippen molar-refractivity contribution in [2.24, 2.45) is 11.8 Å². The molecule has 2 nitrogen and oxygen atoms in total. The molecule has 0 heterocycles. The van der Waals surface area contributed by atoms with E-state index in [4.69, 9.17) is 9.84 Å². The molecular weight excluding hydrogens is 379 g/mol. The summed E-state index contributed by atoms with van der Waals surface area (Å²) in [5.74, 6) is -5.89. The predicted molar refractivity (Wildman–Crippen MR) is 94.6 cm³/mol. The smallest absolute Gasteiger partial charge is 0.404 e. The van der Waals surface area contributed by atoms with Crippen LogP contribution in [0.5, 0.6) is 11.5 Å². The minimum absolute atomic E-state index is 0.176. The molecule has 1 aliphatic carbocycles. The van der Waals surface area contributed by atoms with Gasteiger partial charge < -0.3 is 9.84 Å². The highest BCUT2D eigenvalue weighted by atomic mass is 19.3. The number of phenols is 1. The van der Waals surface area contributed by atoms with Gasteiger partial charge in [-0.2, -0.15) is 8.78 Å². The molecule has 3 rings (SSSR count). The molecule has 2 aromatic rings. The highest BCUT2D eigenvalue weighted by molar-refractivity contribution is 5.66. The molecule has 0 fully saturated rings. The van der Waals surface area contributed by atoms with Crippen molar-refractivity contribution in [1.29, 1.82) is 0 Å². The number of aromatic hydroxyl groups is 1. The molecule has 1 N–H and O–H groups in total. The lowest BCUT2D eigenvalue weighted by atomic mass is 9.86. The Balaban J connectivity index is 1.81. The lowest BCUT2D eigenvalue weighted by Crippen LogP contribution is -2.35. The van der Waals surface area contributed by atoms with E-state index in [2.05, 4.69) is 0 Å². The van der Waals surface area contributed by atoms with Crippen LogP contribution in [0.1, 0.15) is 26.2 Å². The highest BCUT2D eigenvalue weighted by Crippen LogP contribution is 2.38. The normalized spacial score (nSPS) is 19.6. The Hall–Kier alpha value is -2.57. The minimum atomic E-state index is -3.51. The number of phenolic OH excluding ortho intramolecular Hbond substituents is 1. The molecule has 2 atom stereocenters. The topological polar surface area (TPSA) is 29.5 Å². The third-order valence-corrected chi connectivity index (χ3v) is 4.94. The largest absolute Gasteiger partial charge is 0.503 e. The highest BCUT2D eigenvalue weighted by Gasteiger charge is 2.42. The number of alkyl halides is 2. The van der Waals surface area contributed by atoms with Gasteiger partial charge in [0.2, 0.25) is 0 Å².